The maximum Gasteiger partial charge on any atom is 0.0796 e. The molecular weight excluding hydrogens is 314 g/mol. The standard InChI is InChI=1S/C25H17N/c1-15-22-14-16-8-2-3-9-17(16)23(22)24-20-12-6-4-10-18(20)19-11-5-7-13-21(19)25(24)26-15/h2-13H,14H2,1H3. The molecule has 0 radical (unpaired) electrons. The van der Waals surface area contributed by atoms with Crippen molar-refractivity contribution in [2.24, 2.45) is 0 Å². The Balaban J connectivity index is 1.97. The molecule has 1 heterocycles. The number of hydrogen-bond acceptors (Lipinski definition) is 1. The Morgan fingerprint density at radius 2 is 1.31 bits per heavy atom. The van der Waals surface area contributed by atoms with E-state index in [2.05, 4.69) is 79.7 Å². The summed E-state index contributed by atoms with van der Waals surface area (Å²) in [6.07, 6.45) is 0.988. The van der Waals surface area contributed by atoms with E-state index in [0.717, 1.165) is 17.6 Å². The number of benzene rings is 4. The molecule has 0 bridgehead atoms. The summed E-state index contributed by atoms with van der Waals surface area (Å²) in [5, 5.41) is 6.46. The van der Waals surface area contributed by atoms with Gasteiger partial charge in [-0.1, -0.05) is 72.8 Å². The van der Waals surface area contributed by atoms with Gasteiger partial charge in [-0.05, 0) is 45.3 Å². The number of fused-ring (bicyclic) bond motifs is 10. The van der Waals surface area contributed by atoms with Crippen LogP contribution in [0.2, 0.25) is 0 Å². The van der Waals surface area contributed by atoms with Crippen LogP contribution in [0.1, 0.15) is 16.8 Å². The van der Waals surface area contributed by atoms with Crippen molar-refractivity contribution in [1.29, 1.82) is 0 Å². The van der Waals surface area contributed by atoms with Crippen molar-refractivity contribution in [3.63, 3.8) is 0 Å². The van der Waals surface area contributed by atoms with E-state index in [1.54, 1.807) is 0 Å². The van der Waals surface area contributed by atoms with Crippen LogP contribution in [-0.2, 0) is 6.42 Å². The Hall–Kier alpha value is -3.19. The summed E-state index contributed by atoms with van der Waals surface area (Å²) in [4.78, 5) is 5.11. The molecule has 0 spiro atoms. The predicted octanol–water partition coefficient (Wildman–Crippen LogP) is 6.42. The Bertz CT molecular complexity index is 1360. The van der Waals surface area contributed by atoms with Gasteiger partial charge in [-0.3, -0.25) is 4.98 Å². The van der Waals surface area contributed by atoms with Gasteiger partial charge in [0.15, 0.2) is 0 Å². The van der Waals surface area contributed by atoms with Crippen LogP contribution in [0.25, 0.3) is 43.6 Å². The molecule has 0 unspecified atom stereocenters. The highest BCUT2D eigenvalue weighted by atomic mass is 14.7. The number of rotatable bonds is 0. The van der Waals surface area contributed by atoms with Crippen molar-refractivity contribution in [2.75, 3.05) is 0 Å². The Labute approximate surface area is 151 Å². The number of nitrogens with zero attached hydrogens (tertiary/aromatic N) is 1. The summed E-state index contributed by atoms with van der Waals surface area (Å²) in [5.41, 5.74) is 7.86. The molecular formula is C25H17N. The zero-order chi connectivity index (χ0) is 17.3. The smallest absolute Gasteiger partial charge is 0.0796 e. The van der Waals surface area contributed by atoms with Crippen LogP contribution < -0.4 is 0 Å². The minimum atomic E-state index is 0.988. The van der Waals surface area contributed by atoms with E-state index in [-0.39, 0.29) is 0 Å². The molecule has 1 aliphatic carbocycles. The molecule has 0 fully saturated rings. The summed E-state index contributed by atoms with van der Waals surface area (Å²) in [7, 11) is 0. The Kier molecular flexibility index (Phi) is 2.66. The Morgan fingerprint density at radius 3 is 2.12 bits per heavy atom. The molecule has 122 valence electrons. The highest BCUT2D eigenvalue weighted by Gasteiger charge is 2.25. The normalized spacial score (nSPS) is 12.7. The highest BCUT2D eigenvalue weighted by molar-refractivity contribution is 6.28. The van der Waals surface area contributed by atoms with Crippen LogP contribution >= 0.6 is 0 Å². The fourth-order valence-corrected chi connectivity index (χ4v) is 4.68. The van der Waals surface area contributed by atoms with E-state index < -0.39 is 0 Å². The summed E-state index contributed by atoms with van der Waals surface area (Å²) < 4.78 is 0. The van der Waals surface area contributed by atoms with Gasteiger partial charge in [0.2, 0.25) is 0 Å². The number of aryl methyl sites for hydroxylation is 1. The quantitative estimate of drug-likeness (QED) is 0.293. The molecule has 1 heteroatoms. The second-order valence-corrected chi connectivity index (χ2v) is 7.20. The van der Waals surface area contributed by atoms with Crippen LogP contribution in [0, 0.1) is 6.92 Å². The molecule has 1 aliphatic rings. The lowest BCUT2D eigenvalue weighted by Gasteiger charge is -2.15. The van der Waals surface area contributed by atoms with Gasteiger partial charge >= 0.3 is 0 Å². The third kappa shape index (κ3) is 1.68. The SMILES string of the molecule is Cc1nc2c3ccccc3c3ccccc3c2c2c1Cc1ccccc1-2. The highest BCUT2D eigenvalue weighted by Crippen LogP contribution is 2.46. The largest absolute Gasteiger partial charge is 0.252 e. The first kappa shape index (κ1) is 14.0. The topological polar surface area (TPSA) is 12.9 Å². The van der Waals surface area contributed by atoms with Gasteiger partial charge in [0, 0.05) is 22.9 Å². The first-order valence-electron chi connectivity index (χ1n) is 9.14. The average Bonchev–Trinajstić information content (AvgIpc) is 3.09. The maximum atomic E-state index is 5.11. The molecule has 0 aliphatic heterocycles. The molecule has 5 aromatic rings. The lowest BCUT2D eigenvalue weighted by molar-refractivity contribution is 1.15. The van der Waals surface area contributed by atoms with Crippen molar-refractivity contribution < 1.29 is 0 Å². The molecule has 0 amide bonds. The average molecular weight is 331 g/mol. The zero-order valence-corrected chi connectivity index (χ0v) is 14.6. The maximum absolute atomic E-state index is 5.11. The van der Waals surface area contributed by atoms with Crippen molar-refractivity contribution in [3.05, 3.63) is 89.6 Å². The minimum Gasteiger partial charge on any atom is -0.252 e. The Morgan fingerprint density at radius 1 is 0.692 bits per heavy atom. The van der Waals surface area contributed by atoms with Gasteiger partial charge in [-0.15, -0.1) is 0 Å². The lowest BCUT2D eigenvalue weighted by atomic mass is 9.91. The summed E-state index contributed by atoms with van der Waals surface area (Å²) >= 11 is 0. The molecule has 4 aromatic carbocycles. The van der Waals surface area contributed by atoms with Crippen molar-refractivity contribution in [1.82, 2.24) is 4.98 Å². The van der Waals surface area contributed by atoms with Gasteiger partial charge in [0.1, 0.15) is 0 Å². The number of hydrogen-bond donors (Lipinski definition) is 0. The summed E-state index contributed by atoms with van der Waals surface area (Å²) in [5.74, 6) is 0. The molecule has 1 nitrogen and oxygen atoms in total. The molecule has 0 N–H and O–H groups in total. The van der Waals surface area contributed by atoms with E-state index in [4.69, 9.17) is 4.98 Å². The van der Waals surface area contributed by atoms with Gasteiger partial charge in [-0.25, -0.2) is 0 Å². The predicted molar refractivity (Wildman–Crippen MR) is 110 cm³/mol. The third-order valence-corrected chi connectivity index (χ3v) is 5.83. The summed E-state index contributed by atoms with van der Waals surface area (Å²) in [6, 6.07) is 26.3. The van der Waals surface area contributed by atoms with E-state index in [9.17, 15) is 0 Å². The first-order chi connectivity index (χ1) is 12.8. The van der Waals surface area contributed by atoms with Gasteiger partial charge in [-0.2, -0.15) is 0 Å². The monoisotopic (exact) mass is 331 g/mol. The molecule has 1 aromatic heterocycles. The van der Waals surface area contributed by atoms with E-state index >= 15 is 0 Å². The fraction of sp³-hybridized carbons (Fsp3) is 0.0800. The van der Waals surface area contributed by atoms with E-state index in [0.29, 0.717) is 0 Å². The molecule has 0 saturated carbocycles. The minimum absolute atomic E-state index is 0.988. The van der Waals surface area contributed by atoms with Crippen LogP contribution in [-0.4, -0.2) is 4.98 Å². The van der Waals surface area contributed by atoms with Crippen molar-refractivity contribution in [3.8, 4) is 11.1 Å². The molecule has 26 heavy (non-hydrogen) atoms. The molecule has 0 atom stereocenters. The zero-order valence-electron chi connectivity index (χ0n) is 14.6. The van der Waals surface area contributed by atoms with Crippen LogP contribution in [0.3, 0.4) is 0 Å². The third-order valence-electron chi connectivity index (χ3n) is 5.83. The fourth-order valence-electron chi connectivity index (χ4n) is 4.68. The van der Waals surface area contributed by atoms with E-state index in [1.807, 2.05) is 0 Å². The van der Waals surface area contributed by atoms with Gasteiger partial charge in [0.25, 0.3) is 0 Å². The molecule has 0 saturated heterocycles. The second kappa shape index (κ2) is 4.92. The number of aromatic nitrogens is 1. The van der Waals surface area contributed by atoms with Crippen molar-refractivity contribution >= 4 is 32.4 Å². The van der Waals surface area contributed by atoms with Crippen LogP contribution in [0.15, 0.2) is 72.8 Å². The lowest BCUT2D eigenvalue weighted by Crippen LogP contribution is -1.95. The second-order valence-electron chi connectivity index (χ2n) is 7.20. The van der Waals surface area contributed by atoms with Gasteiger partial charge < -0.3 is 0 Å². The summed E-state index contributed by atoms with van der Waals surface area (Å²) in [6.45, 7) is 2.16. The first-order valence-corrected chi connectivity index (χ1v) is 9.14. The van der Waals surface area contributed by atoms with Crippen molar-refractivity contribution in [2.45, 2.75) is 13.3 Å². The van der Waals surface area contributed by atoms with E-state index in [1.165, 1.54) is 49.2 Å². The van der Waals surface area contributed by atoms with Crippen LogP contribution in [0.5, 0.6) is 0 Å². The van der Waals surface area contributed by atoms with Gasteiger partial charge in [0.05, 0.1) is 5.52 Å². The molecule has 6 rings (SSSR count). The number of pyridine rings is 1. The van der Waals surface area contributed by atoms with Crippen LogP contribution in [0.4, 0.5) is 0 Å².